The molecule has 2 aliphatic heterocycles. The first-order chi connectivity index (χ1) is 4.38. The van der Waals surface area contributed by atoms with E-state index in [0.717, 1.165) is 0 Å². The summed E-state index contributed by atoms with van der Waals surface area (Å²) in [5.74, 6) is 0. The minimum Gasteiger partial charge on any atom is -0.388 e. The highest BCUT2D eigenvalue weighted by Gasteiger charge is 2.40. The van der Waals surface area contributed by atoms with Gasteiger partial charge in [-0.05, 0) is 0 Å². The Bertz CT molecular complexity index is 115. The lowest BCUT2D eigenvalue weighted by Crippen LogP contribution is -2.26. The molecule has 3 nitrogen and oxygen atoms in total. The van der Waals surface area contributed by atoms with E-state index in [1.54, 1.807) is 0 Å². The molecule has 0 aliphatic carbocycles. The second-order valence-corrected chi connectivity index (χ2v) is 2.40. The Balaban J connectivity index is 2.07. The molecule has 1 N–H and O–H groups in total. The molecule has 0 aromatic heterocycles. The Labute approximate surface area is 53.6 Å². The van der Waals surface area contributed by atoms with Crippen molar-refractivity contribution in [2.75, 3.05) is 13.2 Å². The van der Waals surface area contributed by atoms with Crippen LogP contribution >= 0.6 is 0 Å². The van der Waals surface area contributed by atoms with Gasteiger partial charge in [-0.1, -0.05) is 0 Å². The number of aliphatic hydroxyl groups is 1. The van der Waals surface area contributed by atoms with Crippen LogP contribution in [0.2, 0.25) is 0 Å². The van der Waals surface area contributed by atoms with Crippen molar-refractivity contribution in [3.8, 4) is 0 Å². The summed E-state index contributed by atoms with van der Waals surface area (Å²) < 4.78 is 10.3. The maximum Gasteiger partial charge on any atom is 0.112 e. The quantitative estimate of drug-likeness (QED) is 0.472. The number of aliphatic hydroxyl groups excluding tert-OH is 1. The number of ether oxygens (including phenoxy) is 2. The molecule has 0 aromatic rings. The highest BCUT2D eigenvalue weighted by atomic mass is 16.6. The lowest BCUT2D eigenvalue weighted by atomic mass is 10.1. The van der Waals surface area contributed by atoms with Gasteiger partial charge < -0.3 is 14.6 Å². The maximum atomic E-state index is 9.13. The van der Waals surface area contributed by atoms with E-state index in [-0.39, 0.29) is 12.2 Å². The van der Waals surface area contributed by atoms with Crippen molar-refractivity contribution < 1.29 is 14.6 Å². The molecule has 2 saturated heterocycles. The molecule has 2 heterocycles. The third-order valence-corrected chi connectivity index (χ3v) is 1.78. The largest absolute Gasteiger partial charge is 0.388 e. The Hall–Kier alpha value is -0.120. The fourth-order valence-corrected chi connectivity index (χ4v) is 1.29. The van der Waals surface area contributed by atoms with Gasteiger partial charge in [0.15, 0.2) is 0 Å². The predicted octanol–water partition coefficient (Wildman–Crippen LogP) is -0.651. The summed E-state index contributed by atoms with van der Waals surface area (Å²) >= 11 is 0. The molecule has 2 fully saturated rings. The summed E-state index contributed by atoms with van der Waals surface area (Å²) in [5.41, 5.74) is 0. The first kappa shape index (κ1) is 5.65. The normalized spacial score (nSPS) is 49.7. The zero-order valence-electron chi connectivity index (χ0n) is 4.99. The molecule has 3 heteroatoms. The Morgan fingerprint density at radius 2 is 2.33 bits per heavy atom. The molecule has 1 radical (unpaired) electrons. The third-order valence-electron chi connectivity index (χ3n) is 1.78. The van der Waals surface area contributed by atoms with Gasteiger partial charge in [0.25, 0.3) is 0 Å². The summed E-state index contributed by atoms with van der Waals surface area (Å²) in [6, 6.07) is 0. The van der Waals surface area contributed by atoms with E-state index in [0.29, 0.717) is 13.2 Å². The average molecular weight is 129 g/mol. The topological polar surface area (TPSA) is 38.7 Å². The Morgan fingerprint density at radius 1 is 1.44 bits per heavy atom. The summed E-state index contributed by atoms with van der Waals surface area (Å²) in [5, 5.41) is 9.13. The Kier molecular flexibility index (Phi) is 1.22. The second-order valence-electron chi connectivity index (χ2n) is 2.40. The van der Waals surface area contributed by atoms with Gasteiger partial charge >= 0.3 is 0 Å². The van der Waals surface area contributed by atoms with Gasteiger partial charge in [-0.3, -0.25) is 0 Å². The maximum absolute atomic E-state index is 9.13. The van der Waals surface area contributed by atoms with E-state index in [9.17, 15) is 0 Å². The van der Waals surface area contributed by atoms with Crippen molar-refractivity contribution in [3.63, 3.8) is 0 Å². The monoisotopic (exact) mass is 129 g/mol. The molecular formula is C6H9O3. The predicted molar refractivity (Wildman–Crippen MR) is 29.8 cm³/mol. The molecule has 3 atom stereocenters. The van der Waals surface area contributed by atoms with Crippen LogP contribution in [0.15, 0.2) is 0 Å². The van der Waals surface area contributed by atoms with Gasteiger partial charge in [-0.25, -0.2) is 0 Å². The zero-order chi connectivity index (χ0) is 6.27. The van der Waals surface area contributed by atoms with Crippen LogP contribution in [0, 0.1) is 6.42 Å². The van der Waals surface area contributed by atoms with Gasteiger partial charge in [0.1, 0.15) is 12.2 Å². The first-order valence-electron chi connectivity index (χ1n) is 3.12. The molecule has 2 aliphatic rings. The van der Waals surface area contributed by atoms with E-state index in [1.165, 1.54) is 0 Å². The van der Waals surface area contributed by atoms with Crippen LogP contribution in [-0.2, 0) is 9.47 Å². The van der Waals surface area contributed by atoms with Gasteiger partial charge in [-0.15, -0.1) is 0 Å². The molecule has 2 rings (SSSR count). The van der Waals surface area contributed by atoms with E-state index >= 15 is 0 Å². The highest BCUT2D eigenvalue weighted by Crippen LogP contribution is 2.25. The number of rotatable bonds is 0. The molecule has 0 amide bonds. The van der Waals surface area contributed by atoms with E-state index < -0.39 is 6.10 Å². The minimum atomic E-state index is -0.409. The molecule has 9 heavy (non-hydrogen) atoms. The molecule has 0 spiro atoms. The van der Waals surface area contributed by atoms with Crippen molar-refractivity contribution in [2.24, 2.45) is 0 Å². The second kappa shape index (κ2) is 1.94. The molecule has 0 aromatic carbocycles. The zero-order valence-corrected chi connectivity index (χ0v) is 4.99. The van der Waals surface area contributed by atoms with Crippen LogP contribution < -0.4 is 0 Å². The van der Waals surface area contributed by atoms with Crippen LogP contribution in [0.4, 0.5) is 0 Å². The van der Waals surface area contributed by atoms with Crippen molar-refractivity contribution in [1.29, 1.82) is 0 Å². The van der Waals surface area contributed by atoms with E-state index in [2.05, 4.69) is 0 Å². The van der Waals surface area contributed by atoms with Crippen LogP contribution in [0.1, 0.15) is 0 Å². The average Bonchev–Trinajstić information content (AvgIpc) is 2.35. The lowest BCUT2D eigenvalue weighted by Gasteiger charge is -2.07. The molecule has 51 valence electrons. The van der Waals surface area contributed by atoms with E-state index in [1.807, 2.05) is 6.42 Å². The molecule has 0 bridgehead atoms. The number of hydrogen-bond donors (Lipinski definition) is 1. The van der Waals surface area contributed by atoms with Crippen LogP contribution in [0.5, 0.6) is 0 Å². The number of fused-ring (bicyclic) bond motifs is 1. The van der Waals surface area contributed by atoms with Crippen molar-refractivity contribution in [3.05, 3.63) is 6.42 Å². The summed E-state index contributed by atoms with van der Waals surface area (Å²) in [6.45, 7) is 1.04. The molecule has 0 unspecified atom stereocenters. The molecular weight excluding hydrogens is 120 g/mol. The van der Waals surface area contributed by atoms with Gasteiger partial charge in [-0.2, -0.15) is 0 Å². The lowest BCUT2D eigenvalue weighted by molar-refractivity contribution is 0.0193. The first-order valence-corrected chi connectivity index (χ1v) is 3.12. The van der Waals surface area contributed by atoms with E-state index in [4.69, 9.17) is 14.6 Å². The third kappa shape index (κ3) is 0.764. The summed E-state index contributed by atoms with van der Waals surface area (Å²) in [6.07, 6.45) is 1.51. The SMILES string of the molecule is O[C@H]1CO[C@@H]2[CH]CO[C@H]12. The fourth-order valence-electron chi connectivity index (χ4n) is 1.29. The van der Waals surface area contributed by atoms with Crippen LogP contribution in [0.25, 0.3) is 0 Å². The summed E-state index contributed by atoms with van der Waals surface area (Å²) in [7, 11) is 0. The van der Waals surface area contributed by atoms with Gasteiger partial charge in [0, 0.05) is 6.42 Å². The number of hydrogen-bond acceptors (Lipinski definition) is 3. The smallest absolute Gasteiger partial charge is 0.112 e. The van der Waals surface area contributed by atoms with Crippen molar-refractivity contribution >= 4 is 0 Å². The minimum absolute atomic E-state index is 0.0556. The molecule has 0 saturated carbocycles. The van der Waals surface area contributed by atoms with Crippen LogP contribution in [-0.4, -0.2) is 36.6 Å². The van der Waals surface area contributed by atoms with Gasteiger partial charge in [0.2, 0.25) is 0 Å². The van der Waals surface area contributed by atoms with Crippen molar-refractivity contribution in [1.82, 2.24) is 0 Å². The highest BCUT2D eigenvalue weighted by molar-refractivity contribution is 4.98. The fraction of sp³-hybridized carbons (Fsp3) is 0.833. The van der Waals surface area contributed by atoms with Gasteiger partial charge in [0.05, 0.1) is 19.3 Å². The summed E-state index contributed by atoms with van der Waals surface area (Å²) in [4.78, 5) is 0. The van der Waals surface area contributed by atoms with Crippen molar-refractivity contribution in [2.45, 2.75) is 18.3 Å². The van der Waals surface area contributed by atoms with Crippen LogP contribution in [0.3, 0.4) is 0 Å². The standard InChI is InChI=1S/C6H9O3/c7-4-3-9-5-1-2-8-6(4)5/h1,4-7H,2-3H2/t4-,5+,6+/m0/s1. The Morgan fingerprint density at radius 3 is 3.11 bits per heavy atom.